The number of ether oxygens (including phenoxy) is 1. The lowest BCUT2D eigenvalue weighted by molar-refractivity contribution is 0.324. The molecule has 122 valence electrons. The lowest BCUT2D eigenvalue weighted by Crippen LogP contribution is -2.40. The van der Waals surface area contributed by atoms with Gasteiger partial charge in [0.2, 0.25) is 0 Å². The Balaban J connectivity index is 2.46. The molecule has 22 heavy (non-hydrogen) atoms. The summed E-state index contributed by atoms with van der Waals surface area (Å²) < 4.78 is 25.1. The standard InChI is InChI=1S/C18H27FO2Si/c1-7-15-16(19)11-10-12-17(15)20-13-8-9-14-21-22(5,6)18(2,3)4/h7-12H,1,13-14H2,2-6H3/b9-8-. The van der Waals surface area contributed by atoms with Crippen molar-refractivity contribution in [2.24, 2.45) is 0 Å². The molecule has 0 spiro atoms. The maximum atomic E-state index is 13.5. The van der Waals surface area contributed by atoms with Crippen molar-refractivity contribution >= 4 is 14.4 Å². The molecule has 0 saturated carbocycles. The van der Waals surface area contributed by atoms with Crippen molar-refractivity contribution in [2.45, 2.75) is 38.9 Å². The lowest BCUT2D eigenvalue weighted by Gasteiger charge is -2.35. The molecule has 0 bridgehead atoms. The second-order valence-corrected chi connectivity index (χ2v) is 11.5. The SMILES string of the molecule is C=Cc1c(F)cccc1OC/C=C\CO[Si](C)(C)C(C)(C)C. The number of hydrogen-bond donors (Lipinski definition) is 0. The van der Waals surface area contributed by atoms with Crippen LogP contribution in [0.4, 0.5) is 4.39 Å². The van der Waals surface area contributed by atoms with Gasteiger partial charge in [0.1, 0.15) is 18.2 Å². The Hall–Kier alpha value is -1.39. The molecule has 2 nitrogen and oxygen atoms in total. The maximum absolute atomic E-state index is 13.5. The highest BCUT2D eigenvalue weighted by molar-refractivity contribution is 6.74. The molecule has 0 amide bonds. The molecule has 0 aromatic heterocycles. The molecule has 0 heterocycles. The first kappa shape index (κ1) is 18.7. The van der Waals surface area contributed by atoms with Gasteiger partial charge in [-0.2, -0.15) is 0 Å². The van der Waals surface area contributed by atoms with E-state index in [0.717, 1.165) is 0 Å². The molecule has 1 aromatic rings. The highest BCUT2D eigenvalue weighted by atomic mass is 28.4. The summed E-state index contributed by atoms with van der Waals surface area (Å²) in [4.78, 5) is 0. The largest absolute Gasteiger partial charge is 0.489 e. The van der Waals surface area contributed by atoms with Gasteiger partial charge < -0.3 is 9.16 Å². The first-order valence-corrected chi connectivity index (χ1v) is 10.4. The van der Waals surface area contributed by atoms with Crippen LogP contribution in [-0.4, -0.2) is 21.5 Å². The van der Waals surface area contributed by atoms with E-state index in [0.29, 0.717) is 24.5 Å². The van der Waals surface area contributed by atoms with Gasteiger partial charge in [-0.15, -0.1) is 0 Å². The minimum atomic E-state index is -1.71. The van der Waals surface area contributed by atoms with E-state index in [2.05, 4.69) is 40.4 Å². The van der Waals surface area contributed by atoms with Gasteiger partial charge in [-0.25, -0.2) is 4.39 Å². The van der Waals surface area contributed by atoms with Crippen LogP contribution >= 0.6 is 0 Å². The quantitative estimate of drug-likeness (QED) is 0.492. The normalized spacial score (nSPS) is 12.6. The lowest BCUT2D eigenvalue weighted by atomic mass is 10.2. The van der Waals surface area contributed by atoms with Crippen LogP contribution in [-0.2, 0) is 4.43 Å². The summed E-state index contributed by atoms with van der Waals surface area (Å²) in [5.74, 6) is 0.183. The third kappa shape index (κ3) is 5.11. The number of rotatable bonds is 7. The highest BCUT2D eigenvalue weighted by Gasteiger charge is 2.36. The number of benzene rings is 1. The number of hydrogen-bond acceptors (Lipinski definition) is 2. The molecule has 1 aromatic carbocycles. The molecule has 0 aliphatic carbocycles. The molecule has 0 unspecified atom stereocenters. The van der Waals surface area contributed by atoms with Gasteiger partial charge >= 0.3 is 0 Å². The second-order valence-electron chi connectivity index (χ2n) is 6.71. The Labute approximate surface area is 134 Å². The van der Waals surface area contributed by atoms with Crippen LogP contribution in [0.2, 0.25) is 18.1 Å². The molecule has 0 aliphatic rings. The molecule has 0 saturated heterocycles. The van der Waals surface area contributed by atoms with E-state index in [1.54, 1.807) is 12.1 Å². The fraction of sp³-hybridized carbons (Fsp3) is 0.444. The van der Waals surface area contributed by atoms with Gasteiger partial charge in [0.15, 0.2) is 8.32 Å². The summed E-state index contributed by atoms with van der Waals surface area (Å²) in [6, 6.07) is 4.76. The van der Waals surface area contributed by atoms with Gasteiger partial charge in [0.25, 0.3) is 0 Å². The van der Waals surface area contributed by atoms with Crippen LogP contribution in [0.5, 0.6) is 5.75 Å². The summed E-state index contributed by atoms with van der Waals surface area (Å²) >= 11 is 0. The monoisotopic (exact) mass is 322 g/mol. The summed E-state index contributed by atoms with van der Waals surface area (Å²) in [6.07, 6.45) is 5.31. The van der Waals surface area contributed by atoms with Crippen LogP contribution in [0.3, 0.4) is 0 Å². The summed E-state index contributed by atoms with van der Waals surface area (Å²) in [6.45, 7) is 15.7. The van der Waals surface area contributed by atoms with E-state index < -0.39 is 8.32 Å². The fourth-order valence-corrected chi connectivity index (χ4v) is 2.53. The molecular weight excluding hydrogens is 295 g/mol. The Morgan fingerprint density at radius 2 is 1.82 bits per heavy atom. The van der Waals surface area contributed by atoms with E-state index in [1.807, 2.05) is 12.2 Å². The summed E-state index contributed by atoms with van der Waals surface area (Å²) in [5.41, 5.74) is 0.397. The maximum Gasteiger partial charge on any atom is 0.192 e. The van der Waals surface area contributed by atoms with E-state index in [-0.39, 0.29) is 10.9 Å². The second kappa shape index (κ2) is 7.74. The van der Waals surface area contributed by atoms with Crippen molar-refractivity contribution in [1.82, 2.24) is 0 Å². The fourth-order valence-electron chi connectivity index (χ4n) is 1.59. The third-order valence-corrected chi connectivity index (χ3v) is 8.57. The first-order chi connectivity index (χ1) is 10.2. The van der Waals surface area contributed by atoms with Crippen LogP contribution in [0, 0.1) is 5.82 Å². The first-order valence-electron chi connectivity index (χ1n) is 7.52. The zero-order chi connectivity index (χ0) is 16.8. The van der Waals surface area contributed by atoms with Crippen molar-refractivity contribution in [1.29, 1.82) is 0 Å². The van der Waals surface area contributed by atoms with Crippen LogP contribution in [0.25, 0.3) is 6.08 Å². The predicted molar refractivity (Wildman–Crippen MR) is 94.3 cm³/mol. The van der Waals surface area contributed by atoms with Crippen molar-refractivity contribution in [2.75, 3.05) is 13.2 Å². The molecular formula is C18H27FO2Si. The average Bonchev–Trinajstić information content (AvgIpc) is 2.41. The zero-order valence-electron chi connectivity index (χ0n) is 14.3. The molecule has 0 atom stereocenters. The van der Waals surface area contributed by atoms with Crippen molar-refractivity contribution in [3.63, 3.8) is 0 Å². The minimum absolute atomic E-state index is 0.206. The zero-order valence-corrected chi connectivity index (χ0v) is 15.3. The average molecular weight is 322 g/mol. The Morgan fingerprint density at radius 1 is 1.18 bits per heavy atom. The van der Waals surface area contributed by atoms with Gasteiger partial charge in [-0.1, -0.05) is 45.6 Å². The van der Waals surface area contributed by atoms with E-state index >= 15 is 0 Å². The predicted octanol–water partition coefficient (Wildman–Crippen LogP) is 5.43. The third-order valence-electron chi connectivity index (χ3n) is 4.07. The topological polar surface area (TPSA) is 18.5 Å². The van der Waals surface area contributed by atoms with Gasteiger partial charge in [0, 0.05) is 0 Å². The van der Waals surface area contributed by atoms with E-state index in [4.69, 9.17) is 9.16 Å². The van der Waals surface area contributed by atoms with Crippen molar-refractivity contribution < 1.29 is 13.6 Å². The van der Waals surface area contributed by atoms with Crippen LogP contribution < -0.4 is 4.74 Å². The molecule has 0 N–H and O–H groups in total. The molecule has 0 aliphatic heterocycles. The molecule has 0 fully saturated rings. The molecule has 0 radical (unpaired) electrons. The Morgan fingerprint density at radius 3 is 2.41 bits per heavy atom. The van der Waals surface area contributed by atoms with Gasteiger partial charge in [-0.3, -0.25) is 0 Å². The van der Waals surface area contributed by atoms with Crippen LogP contribution in [0.15, 0.2) is 36.9 Å². The summed E-state index contributed by atoms with van der Waals surface area (Å²) in [5, 5.41) is 0.206. The van der Waals surface area contributed by atoms with Gasteiger partial charge in [0.05, 0.1) is 12.2 Å². The van der Waals surface area contributed by atoms with Crippen molar-refractivity contribution in [3.05, 3.63) is 48.3 Å². The van der Waals surface area contributed by atoms with E-state index in [1.165, 1.54) is 12.1 Å². The Bertz CT molecular complexity index is 530. The molecule has 4 heteroatoms. The minimum Gasteiger partial charge on any atom is -0.489 e. The molecule has 1 rings (SSSR count). The number of halogens is 1. The smallest absolute Gasteiger partial charge is 0.192 e. The summed E-state index contributed by atoms with van der Waals surface area (Å²) in [7, 11) is -1.71. The van der Waals surface area contributed by atoms with Crippen LogP contribution in [0.1, 0.15) is 26.3 Å². The van der Waals surface area contributed by atoms with Crippen molar-refractivity contribution in [3.8, 4) is 5.75 Å². The van der Waals surface area contributed by atoms with E-state index in [9.17, 15) is 4.39 Å². The Kier molecular flexibility index (Phi) is 6.57. The highest BCUT2D eigenvalue weighted by Crippen LogP contribution is 2.36. The van der Waals surface area contributed by atoms with Gasteiger partial charge in [-0.05, 0) is 36.3 Å².